The van der Waals surface area contributed by atoms with Gasteiger partial charge in [0.15, 0.2) is 0 Å². The molecule has 3 aromatic rings. The Balaban J connectivity index is 1.64. The van der Waals surface area contributed by atoms with Crippen molar-refractivity contribution in [3.05, 3.63) is 75.5 Å². The Labute approximate surface area is 181 Å². The Morgan fingerprint density at radius 3 is 2.19 bits per heavy atom. The van der Waals surface area contributed by atoms with Gasteiger partial charge in [-0.15, -0.1) is 0 Å². The van der Waals surface area contributed by atoms with E-state index in [0.29, 0.717) is 11.1 Å². The lowest BCUT2D eigenvalue weighted by atomic mass is 9.95. The van der Waals surface area contributed by atoms with Crippen LogP contribution in [0.5, 0.6) is 0 Å². The molecular weight excluding hydrogens is 422 g/mol. The van der Waals surface area contributed by atoms with E-state index in [4.69, 9.17) is 0 Å². The van der Waals surface area contributed by atoms with Crippen LogP contribution in [0.1, 0.15) is 11.1 Å². The molecule has 32 heavy (non-hydrogen) atoms. The molecule has 1 aromatic heterocycles. The molecule has 1 aliphatic heterocycles. The normalized spacial score (nSPS) is 19.1. The van der Waals surface area contributed by atoms with Gasteiger partial charge in [-0.2, -0.15) is 0 Å². The van der Waals surface area contributed by atoms with Gasteiger partial charge < -0.3 is 14.8 Å². The third-order valence-corrected chi connectivity index (χ3v) is 5.99. The number of aromatic amines is 1. The van der Waals surface area contributed by atoms with Crippen molar-refractivity contribution in [2.45, 2.75) is 24.9 Å². The first kappa shape index (κ1) is 21.4. The maximum absolute atomic E-state index is 14.1. The summed E-state index contributed by atoms with van der Waals surface area (Å²) in [5.74, 6) is -1.94. The van der Waals surface area contributed by atoms with Crippen molar-refractivity contribution in [1.29, 1.82) is 0 Å². The number of H-pyrrole nitrogens is 1. The lowest BCUT2D eigenvalue weighted by molar-refractivity contribution is -0.383. The number of piperazine rings is 1. The molecule has 1 saturated heterocycles. The Morgan fingerprint density at radius 2 is 1.59 bits per heavy atom. The molecule has 0 saturated carbocycles. The molecule has 1 aliphatic rings. The number of non-ortho nitro benzene ring substituents is 1. The monoisotopic (exact) mass is 442 g/mol. The molecule has 2 amide bonds. The molecule has 0 bridgehead atoms. The average molecular weight is 442 g/mol. The molecule has 2 aromatic carbocycles. The van der Waals surface area contributed by atoms with Crippen LogP contribution in [0, 0.1) is 21.7 Å². The summed E-state index contributed by atoms with van der Waals surface area (Å²) in [6.45, 7) is 0. The fourth-order valence-corrected chi connectivity index (χ4v) is 4.22. The number of hydrogen-bond donors (Lipinski definition) is 1. The zero-order valence-corrected chi connectivity index (χ0v) is 17.3. The van der Waals surface area contributed by atoms with Gasteiger partial charge in [0.25, 0.3) is 5.69 Å². The molecule has 2 heterocycles. The number of fused-ring (bicyclic) bond motifs is 1. The number of hydrogen-bond acceptors (Lipinski definition) is 4. The summed E-state index contributed by atoms with van der Waals surface area (Å²) in [5.41, 5.74) is 0.561. The maximum Gasteiger partial charge on any atom is 0.281 e. The minimum absolute atomic E-state index is 0.00427. The molecule has 166 valence electrons. The second-order valence-corrected chi connectivity index (χ2v) is 7.85. The minimum atomic E-state index is -0.909. The minimum Gasteiger partial charge on any atom is -0.361 e. The number of carbonyl (C=O) groups is 2. The van der Waals surface area contributed by atoms with E-state index in [1.54, 1.807) is 18.2 Å². The number of rotatable bonds is 5. The summed E-state index contributed by atoms with van der Waals surface area (Å²) in [7, 11) is 2.97. The van der Waals surface area contributed by atoms with Crippen LogP contribution in [0.2, 0.25) is 0 Å². The number of nitrogens with zero attached hydrogens (tertiary/aromatic N) is 3. The average Bonchev–Trinajstić information content (AvgIpc) is 3.15. The standard InChI is InChI=1S/C22H20F2N4O4/c1-26-18(7-12-5-3-4-6-15(12)24)21(29)27(2)19(22(26)30)8-13-11-25-16-9-14(23)10-17(20(13)16)28(31)32/h3-6,9-11,18-19,25H,7-8H2,1-2H3/t18-,19-/m0/s1. The van der Waals surface area contributed by atoms with Gasteiger partial charge in [-0.25, -0.2) is 8.78 Å². The van der Waals surface area contributed by atoms with Gasteiger partial charge in [0.05, 0.1) is 21.9 Å². The summed E-state index contributed by atoms with van der Waals surface area (Å²) in [6.07, 6.45) is 1.51. The first-order chi connectivity index (χ1) is 15.2. The molecule has 0 unspecified atom stereocenters. The maximum atomic E-state index is 14.1. The molecule has 1 fully saturated rings. The first-order valence-electron chi connectivity index (χ1n) is 9.89. The zero-order chi connectivity index (χ0) is 23.2. The highest BCUT2D eigenvalue weighted by molar-refractivity contribution is 5.98. The number of carbonyl (C=O) groups excluding carboxylic acids is 2. The van der Waals surface area contributed by atoms with E-state index in [1.807, 2.05) is 0 Å². The van der Waals surface area contributed by atoms with Crippen LogP contribution in [-0.2, 0) is 22.4 Å². The SMILES string of the molecule is CN1C(=O)[C@H](Cc2c[nH]c3cc(F)cc([N+](=O)[O-])c23)N(C)C(=O)[C@@H]1Cc1ccccc1F. The highest BCUT2D eigenvalue weighted by Crippen LogP contribution is 2.32. The van der Waals surface area contributed by atoms with Gasteiger partial charge in [0.1, 0.15) is 23.7 Å². The summed E-state index contributed by atoms with van der Waals surface area (Å²) in [4.78, 5) is 42.3. The molecule has 4 rings (SSSR count). The van der Waals surface area contributed by atoms with Crippen molar-refractivity contribution in [1.82, 2.24) is 14.8 Å². The lowest BCUT2D eigenvalue weighted by Gasteiger charge is -2.42. The predicted molar refractivity (Wildman–Crippen MR) is 112 cm³/mol. The van der Waals surface area contributed by atoms with E-state index >= 15 is 0 Å². The number of nitro groups is 1. The van der Waals surface area contributed by atoms with Crippen LogP contribution in [0.4, 0.5) is 14.5 Å². The topological polar surface area (TPSA) is 99.5 Å². The summed E-state index contributed by atoms with van der Waals surface area (Å²) >= 11 is 0. The van der Waals surface area contributed by atoms with Gasteiger partial charge in [0.2, 0.25) is 11.8 Å². The van der Waals surface area contributed by atoms with Gasteiger partial charge in [-0.1, -0.05) is 18.2 Å². The van der Waals surface area contributed by atoms with Crippen molar-refractivity contribution in [3.8, 4) is 0 Å². The van der Waals surface area contributed by atoms with Crippen LogP contribution in [-0.4, -0.2) is 57.7 Å². The quantitative estimate of drug-likeness (QED) is 0.485. The molecule has 1 N–H and O–H groups in total. The number of halogens is 2. The zero-order valence-electron chi connectivity index (χ0n) is 17.3. The molecule has 0 radical (unpaired) electrons. The largest absolute Gasteiger partial charge is 0.361 e. The molecule has 0 spiro atoms. The Hall–Kier alpha value is -3.82. The highest BCUT2D eigenvalue weighted by atomic mass is 19.1. The van der Waals surface area contributed by atoms with E-state index in [9.17, 15) is 28.5 Å². The van der Waals surface area contributed by atoms with E-state index in [1.165, 1.54) is 36.2 Å². The van der Waals surface area contributed by atoms with Crippen LogP contribution >= 0.6 is 0 Å². The number of nitro benzene ring substituents is 1. The molecule has 8 nitrogen and oxygen atoms in total. The molecule has 10 heteroatoms. The van der Waals surface area contributed by atoms with Crippen molar-refractivity contribution in [2.75, 3.05) is 14.1 Å². The van der Waals surface area contributed by atoms with Crippen molar-refractivity contribution < 1.29 is 23.3 Å². The molecule has 2 atom stereocenters. The van der Waals surface area contributed by atoms with Crippen molar-refractivity contribution >= 4 is 28.4 Å². The number of nitrogens with one attached hydrogen (secondary N) is 1. The second-order valence-electron chi connectivity index (χ2n) is 7.85. The van der Waals surface area contributed by atoms with E-state index in [-0.39, 0.29) is 35.6 Å². The highest BCUT2D eigenvalue weighted by Gasteiger charge is 2.43. The van der Waals surface area contributed by atoms with Gasteiger partial charge in [-0.05, 0) is 23.3 Å². The van der Waals surface area contributed by atoms with Gasteiger partial charge in [-0.3, -0.25) is 19.7 Å². The number of amides is 2. The van der Waals surface area contributed by atoms with Gasteiger partial charge in [0, 0.05) is 33.1 Å². The number of aromatic nitrogens is 1. The summed E-state index contributed by atoms with van der Waals surface area (Å²) < 4.78 is 27.8. The third-order valence-electron chi connectivity index (χ3n) is 5.99. The Bertz CT molecular complexity index is 1240. The van der Waals surface area contributed by atoms with E-state index < -0.39 is 34.3 Å². The van der Waals surface area contributed by atoms with E-state index in [0.717, 1.165) is 12.1 Å². The number of benzene rings is 2. The van der Waals surface area contributed by atoms with Crippen LogP contribution in [0.25, 0.3) is 10.9 Å². The smallest absolute Gasteiger partial charge is 0.281 e. The molecular formula is C22H20F2N4O4. The van der Waals surface area contributed by atoms with Crippen molar-refractivity contribution in [3.63, 3.8) is 0 Å². The Kier molecular flexibility index (Phi) is 5.37. The van der Waals surface area contributed by atoms with Crippen molar-refractivity contribution in [2.24, 2.45) is 0 Å². The second kappa shape index (κ2) is 8.03. The number of likely N-dealkylation sites (N-methyl/N-ethyl adjacent to an activating group) is 2. The van der Waals surface area contributed by atoms with Crippen LogP contribution in [0.15, 0.2) is 42.6 Å². The fraction of sp³-hybridized carbons (Fsp3) is 0.273. The fourth-order valence-electron chi connectivity index (χ4n) is 4.22. The third kappa shape index (κ3) is 3.57. The summed E-state index contributed by atoms with van der Waals surface area (Å²) in [5, 5.41) is 11.6. The lowest BCUT2D eigenvalue weighted by Crippen LogP contribution is -2.63. The molecule has 0 aliphatic carbocycles. The van der Waals surface area contributed by atoms with E-state index in [2.05, 4.69) is 4.98 Å². The van der Waals surface area contributed by atoms with Gasteiger partial charge >= 0.3 is 0 Å². The van der Waals surface area contributed by atoms with Crippen LogP contribution < -0.4 is 0 Å². The van der Waals surface area contributed by atoms with Crippen LogP contribution in [0.3, 0.4) is 0 Å². The first-order valence-corrected chi connectivity index (χ1v) is 9.89. The Morgan fingerprint density at radius 1 is 1.00 bits per heavy atom. The summed E-state index contributed by atoms with van der Waals surface area (Å²) in [6, 6.07) is 6.26. The predicted octanol–water partition coefficient (Wildman–Crippen LogP) is 2.81.